The molecule has 4 fully saturated rings. The van der Waals surface area contributed by atoms with Gasteiger partial charge in [0.25, 0.3) is 0 Å². The Labute approximate surface area is 92.6 Å². The Hall–Kier alpha value is -0.0400. The van der Waals surface area contributed by atoms with Gasteiger partial charge in [-0.05, 0) is 49.4 Å². The minimum Gasteiger partial charge on any atom is -0.370 e. The zero-order chi connectivity index (χ0) is 9.83. The Balaban J connectivity index is 1.51. The Morgan fingerprint density at radius 1 is 0.600 bits per heavy atom. The van der Waals surface area contributed by atoms with Gasteiger partial charge in [0.1, 0.15) is 0 Å². The van der Waals surface area contributed by atoms with Crippen LogP contribution in [-0.2, 0) is 4.74 Å². The number of rotatable bonds is 0. The molecule has 0 aromatic heterocycles. The van der Waals surface area contributed by atoms with Gasteiger partial charge in [0.05, 0.1) is 12.2 Å². The highest BCUT2D eigenvalue weighted by molar-refractivity contribution is 5.00. The van der Waals surface area contributed by atoms with Crippen LogP contribution in [0.2, 0.25) is 0 Å². The Morgan fingerprint density at radius 3 is 1.67 bits per heavy atom. The van der Waals surface area contributed by atoms with Crippen molar-refractivity contribution in [2.45, 2.75) is 63.6 Å². The number of hydrogen-bond acceptors (Lipinski definition) is 1. The fourth-order valence-corrected chi connectivity index (χ4v) is 4.84. The van der Waals surface area contributed by atoms with Crippen molar-refractivity contribution in [3.8, 4) is 0 Å². The van der Waals surface area contributed by atoms with Crippen molar-refractivity contribution >= 4 is 0 Å². The van der Waals surface area contributed by atoms with Gasteiger partial charge in [-0.25, -0.2) is 0 Å². The predicted octanol–water partition coefficient (Wildman–Crippen LogP) is 3.38. The lowest BCUT2D eigenvalue weighted by Gasteiger charge is -2.45. The van der Waals surface area contributed by atoms with Gasteiger partial charge in [-0.1, -0.05) is 25.7 Å². The molecule has 1 saturated heterocycles. The minimum atomic E-state index is 0.700. The van der Waals surface area contributed by atoms with E-state index in [1.165, 1.54) is 25.7 Å². The van der Waals surface area contributed by atoms with Crippen LogP contribution < -0.4 is 0 Å². The van der Waals surface area contributed by atoms with E-state index in [2.05, 4.69) is 0 Å². The van der Waals surface area contributed by atoms with E-state index in [0.29, 0.717) is 12.2 Å². The van der Waals surface area contributed by atoms with E-state index >= 15 is 0 Å². The SMILES string of the molecule is C1CCC2CC3CC4OC4CC3CC2C1. The molecule has 3 saturated carbocycles. The van der Waals surface area contributed by atoms with Crippen LogP contribution in [-0.4, -0.2) is 12.2 Å². The maximum atomic E-state index is 5.72. The summed E-state index contributed by atoms with van der Waals surface area (Å²) in [6, 6.07) is 0. The van der Waals surface area contributed by atoms with Gasteiger partial charge >= 0.3 is 0 Å². The zero-order valence-electron chi connectivity index (χ0n) is 9.53. The van der Waals surface area contributed by atoms with E-state index in [0.717, 1.165) is 23.7 Å². The Kier molecular flexibility index (Phi) is 1.94. The molecule has 1 heteroatoms. The highest BCUT2D eigenvalue weighted by atomic mass is 16.6. The molecule has 84 valence electrons. The molecular formula is C14H22O. The van der Waals surface area contributed by atoms with Crippen LogP contribution in [0.5, 0.6) is 0 Å². The van der Waals surface area contributed by atoms with Crippen LogP contribution in [0.1, 0.15) is 51.4 Å². The lowest BCUT2D eigenvalue weighted by Crippen LogP contribution is -2.37. The number of ether oxygens (including phenoxy) is 1. The molecule has 4 rings (SSSR count). The summed E-state index contributed by atoms with van der Waals surface area (Å²) in [5.41, 5.74) is 0. The molecule has 4 aliphatic rings. The van der Waals surface area contributed by atoms with Gasteiger partial charge in [0, 0.05) is 0 Å². The second-order valence-corrected chi connectivity index (χ2v) is 6.48. The minimum absolute atomic E-state index is 0.700. The van der Waals surface area contributed by atoms with Crippen molar-refractivity contribution in [1.29, 1.82) is 0 Å². The smallest absolute Gasteiger partial charge is 0.0844 e. The molecule has 0 spiro atoms. The molecule has 0 aromatic rings. The normalized spacial score (nSPS) is 57.6. The number of hydrogen-bond donors (Lipinski definition) is 0. The average molecular weight is 206 g/mol. The first-order chi connectivity index (χ1) is 7.40. The first-order valence-electron chi connectivity index (χ1n) is 7.05. The second kappa shape index (κ2) is 3.23. The molecule has 6 unspecified atom stereocenters. The maximum absolute atomic E-state index is 5.72. The van der Waals surface area contributed by atoms with Crippen molar-refractivity contribution in [3.05, 3.63) is 0 Å². The van der Waals surface area contributed by atoms with Crippen LogP contribution in [0.4, 0.5) is 0 Å². The molecule has 1 heterocycles. The topological polar surface area (TPSA) is 12.5 Å². The van der Waals surface area contributed by atoms with E-state index in [4.69, 9.17) is 4.74 Å². The molecule has 3 aliphatic carbocycles. The van der Waals surface area contributed by atoms with Gasteiger partial charge in [0.15, 0.2) is 0 Å². The zero-order valence-corrected chi connectivity index (χ0v) is 9.53. The summed E-state index contributed by atoms with van der Waals surface area (Å²) in [6.45, 7) is 0. The third-order valence-electron chi connectivity index (χ3n) is 5.70. The second-order valence-electron chi connectivity index (χ2n) is 6.48. The summed E-state index contributed by atoms with van der Waals surface area (Å²) in [5, 5.41) is 0. The standard InChI is InChI=1S/C14H22O/c1-2-4-10-6-12-8-14-13(15-14)7-11(12)5-9(10)3-1/h9-14H,1-8H2. The van der Waals surface area contributed by atoms with Crippen molar-refractivity contribution in [2.24, 2.45) is 23.7 Å². The molecule has 0 amide bonds. The van der Waals surface area contributed by atoms with Gasteiger partial charge in [-0.15, -0.1) is 0 Å². The highest BCUT2D eigenvalue weighted by Crippen LogP contribution is 2.53. The fraction of sp³-hybridized carbons (Fsp3) is 1.00. The van der Waals surface area contributed by atoms with Crippen molar-refractivity contribution < 1.29 is 4.74 Å². The average Bonchev–Trinajstić information content (AvgIpc) is 3.00. The van der Waals surface area contributed by atoms with Gasteiger partial charge < -0.3 is 4.74 Å². The van der Waals surface area contributed by atoms with Crippen LogP contribution in [0, 0.1) is 23.7 Å². The summed E-state index contributed by atoms with van der Waals surface area (Å²) in [4.78, 5) is 0. The van der Waals surface area contributed by atoms with E-state index in [-0.39, 0.29) is 0 Å². The van der Waals surface area contributed by atoms with Crippen LogP contribution >= 0.6 is 0 Å². The van der Waals surface area contributed by atoms with Crippen LogP contribution in [0.15, 0.2) is 0 Å². The first-order valence-corrected chi connectivity index (χ1v) is 7.05. The molecule has 1 aliphatic heterocycles. The lowest BCUT2D eigenvalue weighted by molar-refractivity contribution is 0.0599. The van der Waals surface area contributed by atoms with Gasteiger partial charge in [0.2, 0.25) is 0 Å². The Morgan fingerprint density at radius 2 is 1.13 bits per heavy atom. The van der Waals surface area contributed by atoms with Crippen molar-refractivity contribution in [2.75, 3.05) is 0 Å². The molecule has 0 N–H and O–H groups in total. The molecule has 6 atom stereocenters. The van der Waals surface area contributed by atoms with E-state index in [9.17, 15) is 0 Å². The molecular weight excluding hydrogens is 184 g/mol. The van der Waals surface area contributed by atoms with Crippen molar-refractivity contribution in [3.63, 3.8) is 0 Å². The number of epoxide rings is 1. The fourth-order valence-electron chi connectivity index (χ4n) is 4.84. The van der Waals surface area contributed by atoms with Crippen LogP contribution in [0.3, 0.4) is 0 Å². The molecule has 0 aromatic carbocycles. The summed E-state index contributed by atoms with van der Waals surface area (Å²) in [5.74, 6) is 4.31. The largest absolute Gasteiger partial charge is 0.370 e. The Bertz CT molecular complexity index is 236. The summed E-state index contributed by atoms with van der Waals surface area (Å²) >= 11 is 0. The molecule has 0 bridgehead atoms. The maximum Gasteiger partial charge on any atom is 0.0844 e. The highest BCUT2D eigenvalue weighted by Gasteiger charge is 2.51. The molecule has 1 nitrogen and oxygen atoms in total. The third kappa shape index (κ3) is 1.46. The summed E-state index contributed by atoms with van der Waals surface area (Å²) < 4.78 is 5.72. The predicted molar refractivity (Wildman–Crippen MR) is 59.6 cm³/mol. The summed E-state index contributed by atoms with van der Waals surface area (Å²) in [6.07, 6.45) is 13.5. The van der Waals surface area contributed by atoms with E-state index in [1.54, 1.807) is 25.7 Å². The molecule has 0 radical (unpaired) electrons. The lowest BCUT2D eigenvalue weighted by atomic mass is 9.60. The molecule has 15 heavy (non-hydrogen) atoms. The van der Waals surface area contributed by atoms with Gasteiger partial charge in [-0.3, -0.25) is 0 Å². The number of fused-ring (bicyclic) bond motifs is 3. The quantitative estimate of drug-likeness (QED) is 0.553. The van der Waals surface area contributed by atoms with Crippen LogP contribution in [0.25, 0.3) is 0 Å². The van der Waals surface area contributed by atoms with E-state index in [1.807, 2.05) is 0 Å². The van der Waals surface area contributed by atoms with E-state index < -0.39 is 0 Å². The third-order valence-corrected chi connectivity index (χ3v) is 5.70. The monoisotopic (exact) mass is 206 g/mol. The van der Waals surface area contributed by atoms with Gasteiger partial charge in [-0.2, -0.15) is 0 Å². The first kappa shape index (κ1) is 9.04. The van der Waals surface area contributed by atoms with Crippen molar-refractivity contribution in [1.82, 2.24) is 0 Å². The summed E-state index contributed by atoms with van der Waals surface area (Å²) in [7, 11) is 0.